The van der Waals surface area contributed by atoms with Crippen LogP contribution in [-0.2, 0) is 0 Å². The molecule has 1 fully saturated rings. The average Bonchev–Trinajstić information content (AvgIpc) is 2.94. The summed E-state index contributed by atoms with van der Waals surface area (Å²) in [4.78, 5) is 15.0. The van der Waals surface area contributed by atoms with Crippen LogP contribution in [0, 0.1) is 12.7 Å². The van der Waals surface area contributed by atoms with Crippen LogP contribution in [0.15, 0.2) is 18.2 Å². The number of rotatable bonds is 4. The fourth-order valence-corrected chi connectivity index (χ4v) is 2.84. The molecule has 2 rings (SSSR count). The van der Waals surface area contributed by atoms with Crippen LogP contribution in [0.4, 0.5) is 4.39 Å². The van der Waals surface area contributed by atoms with Crippen molar-refractivity contribution in [1.29, 1.82) is 0 Å². The van der Waals surface area contributed by atoms with Crippen molar-refractivity contribution in [3.05, 3.63) is 35.1 Å². The molecule has 1 unspecified atom stereocenters. The van der Waals surface area contributed by atoms with E-state index in [-0.39, 0.29) is 11.3 Å². The number of likely N-dealkylation sites (tertiary alicyclic amines) is 1. The first kappa shape index (κ1) is 14.2. The number of aryl methyl sites for hydroxylation is 1. The predicted molar refractivity (Wildman–Crippen MR) is 75.0 cm³/mol. The molecule has 1 aromatic carbocycles. The Kier molecular flexibility index (Phi) is 4.04. The Morgan fingerprint density at radius 2 is 2.00 bits per heavy atom. The molecule has 0 N–H and O–H groups in total. The molecule has 1 aliphatic rings. The van der Waals surface area contributed by atoms with Crippen LogP contribution in [0.3, 0.4) is 0 Å². The summed E-state index contributed by atoms with van der Waals surface area (Å²) >= 11 is 0. The standard InChI is InChI=1S/C16H22FNO/c1-4-16(3,18-9-5-6-10-18)15(19)13-11-12(2)7-8-14(13)17/h7-8,11H,4-6,9-10H2,1-3H3. The molecule has 0 spiro atoms. The van der Waals surface area contributed by atoms with Gasteiger partial charge in [-0.15, -0.1) is 0 Å². The van der Waals surface area contributed by atoms with Crippen LogP contribution in [0.1, 0.15) is 49.0 Å². The Balaban J connectivity index is 2.37. The molecule has 0 aromatic heterocycles. The summed E-state index contributed by atoms with van der Waals surface area (Å²) < 4.78 is 13.9. The summed E-state index contributed by atoms with van der Waals surface area (Å²) in [5.41, 5.74) is 0.575. The van der Waals surface area contributed by atoms with Crippen LogP contribution >= 0.6 is 0 Å². The minimum atomic E-state index is -0.578. The summed E-state index contributed by atoms with van der Waals surface area (Å²) in [6.45, 7) is 7.70. The van der Waals surface area contributed by atoms with E-state index in [0.29, 0.717) is 6.42 Å². The van der Waals surface area contributed by atoms with Crippen molar-refractivity contribution in [3.63, 3.8) is 0 Å². The monoisotopic (exact) mass is 263 g/mol. The van der Waals surface area contributed by atoms with E-state index in [0.717, 1.165) is 31.5 Å². The Bertz CT molecular complexity index is 480. The number of hydrogen-bond donors (Lipinski definition) is 0. The molecule has 3 heteroatoms. The molecule has 0 saturated carbocycles. The molecule has 0 amide bonds. The summed E-state index contributed by atoms with van der Waals surface area (Å²) in [6.07, 6.45) is 2.96. The zero-order chi connectivity index (χ0) is 14.0. The number of nitrogens with zero attached hydrogens (tertiary/aromatic N) is 1. The Hall–Kier alpha value is -1.22. The van der Waals surface area contributed by atoms with Crippen molar-refractivity contribution >= 4 is 5.78 Å². The Morgan fingerprint density at radius 1 is 1.37 bits per heavy atom. The van der Waals surface area contributed by atoms with E-state index in [9.17, 15) is 9.18 Å². The Morgan fingerprint density at radius 3 is 2.58 bits per heavy atom. The van der Waals surface area contributed by atoms with Gasteiger partial charge in [0.25, 0.3) is 0 Å². The quantitative estimate of drug-likeness (QED) is 0.774. The van der Waals surface area contributed by atoms with E-state index in [1.54, 1.807) is 12.1 Å². The van der Waals surface area contributed by atoms with Gasteiger partial charge >= 0.3 is 0 Å². The van der Waals surface area contributed by atoms with Crippen LogP contribution in [-0.4, -0.2) is 29.3 Å². The maximum Gasteiger partial charge on any atom is 0.185 e. The predicted octanol–water partition coefficient (Wildman–Crippen LogP) is 3.58. The van der Waals surface area contributed by atoms with Gasteiger partial charge < -0.3 is 0 Å². The molecule has 104 valence electrons. The molecule has 2 nitrogen and oxygen atoms in total. The third-order valence-electron chi connectivity index (χ3n) is 4.35. The number of carbonyl (C=O) groups excluding carboxylic acids is 1. The highest BCUT2D eigenvalue weighted by molar-refractivity contribution is 6.03. The van der Waals surface area contributed by atoms with E-state index < -0.39 is 11.4 Å². The first-order chi connectivity index (χ1) is 8.99. The first-order valence-corrected chi connectivity index (χ1v) is 7.05. The minimum Gasteiger partial charge on any atom is -0.292 e. The van der Waals surface area contributed by atoms with Crippen molar-refractivity contribution in [3.8, 4) is 0 Å². The average molecular weight is 263 g/mol. The van der Waals surface area contributed by atoms with Crippen molar-refractivity contribution in [2.75, 3.05) is 13.1 Å². The molecule has 19 heavy (non-hydrogen) atoms. The van der Waals surface area contributed by atoms with E-state index in [2.05, 4.69) is 4.90 Å². The number of carbonyl (C=O) groups is 1. The fraction of sp³-hybridized carbons (Fsp3) is 0.562. The number of ketones is 1. The lowest BCUT2D eigenvalue weighted by Gasteiger charge is -2.36. The van der Waals surface area contributed by atoms with Crippen molar-refractivity contribution in [2.24, 2.45) is 0 Å². The molecule has 0 bridgehead atoms. The number of halogens is 1. The van der Waals surface area contributed by atoms with Gasteiger partial charge in [0.15, 0.2) is 5.78 Å². The zero-order valence-electron chi connectivity index (χ0n) is 12.0. The smallest absolute Gasteiger partial charge is 0.185 e. The van der Waals surface area contributed by atoms with Gasteiger partial charge in [-0.05, 0) is 58.3 Å². The molecule has 1 aromatic rings. The molecule has 0 radical (unpaired) electrons. The van der Waals surface area contributed by atoms with Gasteiger partial charge in [-0.2, -0.15) is 0 Å². The van der Waals surface area contributed by atoms with Crippen molar-refractivity contribution in [2.45, 2.75) is 45.6 Å². The van der Waals surface area contributed by atoms with E-state index >= 15 is 0 Å². The first-order valence-electron chi connectivity index (χ1n) is 7.05. The topological polar surface area (TPSA) is 20.3 Å². The molecule has 1 heterocycles. The Labute approximate surface area is 114 Å². The van der Waals surface area contributed by atoms with Gasteiger partial charge in [-0.3, -0.25) is 9.69 Å². The van der Waals surface area contributed by atoms with Gasteiger partial charge in [-0.25, -0.2) is 4.39 Å². The molecule has 1 atom stereocenters. The van der Waals surface area contributed by atoms with E-state index in [1.807, 2.05) is 20.8 Å². The van der Waals surface area contributed by atoms with Gasteiger partial charge in [0, 0.05) is 0 Å². The van der Waals surface area contributed by atoms with Crippen molar-refractivity contribution in [1.82, 2.24) is 4.90 Å². The zero-order valence-corrected chi connectivity index (χ0v) is 12.0. The van der Waals surface area contributed by atoms with E-state index in [1.165, 1.54) is 6.07 Å². The van der Waals surface area contributed by atoms with E-state index in [4.69, 9.17) is 0 Å². The second kappa shape index (κ2) is 5.41. The second-order valence-corrected chi connectivity index (χ2v) is 5.63. The van der Waals surface area contributed by atoms with Crippen LogP contribution in [0.2, 0.25) is 0 Å². The highest BCUT2D eigenvalue weighted by Gasteiger charge is 2.40. The van der Waals surface area contributed by atoms with Gasteiger partial charge in [-0.1, -0.05) is 18.6 Å². The largest absolute Gasteiger partial charge is 0.292 e. The van der Waals surface area contributed by atoms with Crippen LogP contribution in [0.25, 0.3) is 0 Å². The minimum absolute atomic E-state index is 0.0851. The highest BCUT2D eigenvalue weighted by Crippen LogP contribution is 2.29. The lowest BCUT2D eigenvalue weighted by molar-refractivity contribution is 0.0643. The highest BCUT2D eigenvalue weighted by atomic mass is 19.1. The summed E-state index contributed by atoms with van der Waals surface area (Å²) in [5, 5.41) is 0. The molecule has 0 aliphatic carbocycles. The fourth-order valence-electron chi connectivity index (χ4n) is 2.84. The van der Waals surface area contributed by atoms with Crippen LogP contribution < -0.4 is 0 Å². The second-order valence-electron chi connectivity index (χ2n) is 5.63. The molecule has 1 aliphatic heterocycles. The van der Waals surface area contributed by atoms with Gasteiger partial charge in [0.2, 0.25) is 0 Å². The third-order valence-corrected chi connectivity index (χ3v) is 4.35. The normalized spacial score (nSPS) is 19.4. The lowest BCUT2D eigenvalue weighted by atomic mass is 9.86. The van der Waals surface area contributed by atoms with Gasteiger partial charge in [0.05, 0.1) is 11.1 Å². The molecule has 1 saturated heterocycles. The van der Waals surface area contributed by atoms with Crippen LogP contribution in [0.5, 0.6) is 0 Å². The summed E-state index contributed by atoms with van der Waals surface area (Å²) in [5.74, 6) is -0.493. The SMILES string of the molecule is CCC(C)(C(=O)c1cc(C)ccc1F)N1CCCC1. The number of Topliss-reactive ketones (excluding diaryl/α,β-unsaturated/α-hetero) is 1. The number of hydrogen-bond acceptors (Lipinski definition) is 2. The maximum atomic E-state index is 13.9. The molecular formula is C16H22FNO. The van der Waals surface area contributed by atoms with Crippen molar-refractivity contribution < 1.29 is 9.18 Å². The number of benzene rings is 1. The molecular weight excluding hydrogens is 241 g/mol. The van der Waals surface area contributed by atoms with Gasteiger partial charge in [0.1, 0.15) is 5.82 Å². The summed E-state index contributed by atoms with van der Waals surface area (Å²) in [7, 11) is 0. The third kappa shape index (κ3) is 2.57. The maximum absolute atomic E-state index is 13.9. The lowest BCUT2D eigenvalue weighted by Crippen LogP contribution is -2.50. The summed E-state index contributed by atoms with van der Waals surface area (Å²) in [6, 6.07) is 4.76.